The zero-order valence-corrected chi connectivity index (χ0v) is 28.2. The van der Waals surface area contributed by atoms with Crippen LogP contribution in [0.1, 0.15) is 27.8 Å². The first-order valence-corrected chi connectivity index (χ1v) is 18.2. The van der Waals surface area contributed by atoms with Gasteiger partial charge in [0.25, 0.3) is 0 Å². The van der Waals surface area contributed by atoms with Crippen LogP contribution in [0.2, 0.25) is 0 Å². The van der Waals surface area contributed by atoms with E-state index in [1.807, 2.05) is 0 Å². The molecule has 1 unspecified atom stereocenters. The number of nitrogens with zero attached hydrogens (tertiary/aromatic N) is 1. The minimum atomic E-state index is -1.22. The predicted molar refractivity (Wildman–Crippen MR) is 204 cm³/mol. The Hall–Kier alpha value is -5.11. The summed E-state index contributed by atoms with van der Waals surface area (Å²) in [6.07, 6.45) is 0. The van der Waals surface area contributed by atoms with Gasteiger partial charge in [-0.3, -0.25) is 4.90 Å². The highest BCUT2D eigenvalue weighted by molar-refractivity contribution is 7.68. The number of hydrogen-bond acceptors (Lipinski definition) is 2. The first-order chi connectivity index (χ1) is 24.3. The van der Waals surface area contributed by atoms with E-state index in [1.165, 1.54) is 27.3 Å². The monoisotopic (exact) mass is 651 g/mol. The van der Waals surface area contributed by atoms with Gasteiger partial charge in [0.15, 0.2) is 0 Å². The van der Waals surface area contributed by atoms with Gasteiger partial charge in [-0.2, -0.15) is 0 Å². The van der Waals surface area contributed by atoms with Gasteiger partial charge in [0.05, 0.1) is 19.7 Å². The van der Waals surface area contributed by atoms with Crippen molar-refractivity contribution in [2.24, 2.45) is 0 Å². The summed E-state index contributed by atoms with van der Waals surface area (Å²) in [5, 5.41) is 2.38. The molecule has 1 heterocycles. The molecule has 1 saturated heterocycles. The van der Waals surface area contributed by atoms with Gasteiger partial charge in [-0.1, -0.05) is 212 Å². The molecule has 0 aromatic heterocycles. The summed E-state index contributed by atoms with van der Waals surface area (Å²) in [5.74, 6) is 0. The highest BCUT2D eigenvalue weighted by Gasteiger charge is 2.63. The molecule has 0 saturated carbocycles. The lowest BCUT2D eigenvalue weighted by Crippen LogP contribution is -2.45. The molecule has 0 aliphatic carbocycles. The second-order valence-corrected chi connectivity index (χ2v) is 14.3. The van der Waals surface area contributed by atoms with Gasteiger partial charge in [-0.15, -0.1) is 0 Å². The van der Waals surface area contributed by atoms with Crippen LogP contribution in [0.4, 0.5) is 0 Å². The van der Waals surface area contributed by atoms with E-state index in [1.54, 1.807) is 0 Å². The fourth-order valence-corrected chi connectivity index (χ4v) is 9.52. The van der Waals surface area contributed by atoms with Gasteiger partial charge in [-0.05, 0) is 27.8 Å². The molecular formula is C46H38NOP. The average Bonchev–Trinajstić information content (AvgIpc) is 4.00. The summed E-state index contributed by atoms with van der Waals surface area (Å²) in [5.41, 5.74) is 4.64. The highest BCUT2D eigenvalue weighted by atomic mass is 31.1. The lowest BCUT2D eigenvalue weighted by atomic mass is 9.76. The molecule has 7 aromatic carbocycles. The molecule has 0 N–H and O–H groups in total. The van der Waals surface area contributed by atoms with Crippen molar-refractivity contribution >= 4 is 18.8 Å². The molecule has 0 radical (unpaired) electrons. The highest BCUT2D eigenvalue weighted by Crippen LogP contribution is 2.58. The zero-order chi connectivity index (χ0) is 32.9. The van der Waals surface area contributed by atoms with Crippen molar-refractivity contribution in [2.45, 2.75) is 17.2 Å². The lowest BCUT2D eigenvalue weighted by molar-refractivity contribution is 0.0998. The lowest BCUT2D eigenvalue weighted by Gasteiger charge is -2.43. The fraction of sp³-hybridized carbons (Fsp3) is 0.0870. The van der Waals surface area contributed by atoms with Crippen molar-refractivity contribution in [3.05, 3.63) is 240 Å². The van der Waals surface area contributed by atoms with Crippen LogP contribution >= 0.6 is 8.15 Å². The van der Waals surface area contributed by atoms with Crippen LogP contribution in [0, 0.1) is 0 Å². The van der Waals surface area contributed by atoms with Gasteiger partial charge >= 0.3 is 0 Å². The van der Waals surface area contributed by atoms with Crippen molar-refractivity contribution in [3.8, 4) is 0 Å². The molecule has 2 atom stereocenters. The van der Waals surface area contributed by atoms with E-state index in [2.05, 4.69) is 217 Å². The molecule has 238 valence electrons. The third-order valence-electron chi connectivity index (χ3n) is 9.71. The van der Waals surface area contributed by atoms with E-state index in [0.29, 0.717) is 0 Å². The first kappa shape index (κ1) is 31.2. The number of hydrogen-bond donors (Lipinski definition) is 0. The molecule has 1 fully saturated rings. The molecule has 1 aliphatic heterocycles. The summed E-state index contributed by atoms with van der Waals surface area (Å²) < 4.78 is 7.96. The minimum Gasteiger partial charge on any atom is -0.332 e. The van der Waals surface area contributed by atoms with Crippen LogP contribution in [0.15, 0.2) is 212 Å². The van der Waals surface area contributed by atoms with Crippen molar-refractivity contribution in [2.75, 3.05) is 6.54 Å². The fourth-order valence-electron chi connectivity index (χ4n) is 7.51. The second-order valence-electron chi connectivity index (χ2n) is 12.5. The Labute approximate surface area is 291 Å². The van der Waals surface area contributed by atoms with Gasteiger partial charge in [-0.25, -0.2) is 0 Å². The summed E-state index contributed by atoms with van der Waals surface area (Å²) in [4.78, 5) is 2.68. The van der Waals surface area contributed by atoms with E-state index >= 15 is 0 Å². The van der Waals surface area contributed by atoms with Crippen molar-refractivity contribution in [1.82, 2.24) is 4.90 Å². The summed E-state index contributed by atoms with van der Waals surface area (Å²) >= 11 is 0. The van der Waals surface area contributed by atoms with Gasteiger partial charge < -0.3 is 4.52 Å². The van der Waals surface area contributed by atoms with Gasteiger partial charge in [0, 0.05) is 17.2 Å². The third-order valence-corrected chi connectivity index (χ3v) is 11.7. The Kier molecular flexibility index (Phi) is 8.77. The van der Waals surface area contributed by atoms with E-state index in [-0.39, 0.29) is 6.04 Å². The smallest absolute Gasteiger partial charge is 0.140 e. The molecule has 3 heteroatoms. The van der Waals surface area contributed by atoms with Gasteiger partial charge in [0.1, 0.15) is 5.60 Å². The van der Waals surface area contributed by atoms with Crippen LogP contribution in [0.25, 0.3) is 0 Å². The minimum absolute atomic E-state index is 0.00431. The average molecular weight is 652 g/mol. The maximum atomic E-state index is 7.96. The predicted octanol–water partition coefficient (Wildman–Crippen LogP) is 9.67. The quantitative estimate of drug-likeness (QED) is 0.0785. The second kappa shape index (κ2) is 13.8. The van der Waals surface area contributed by atoms with Crippen LogP contribution in [0.5, 0.6) is 0 Å². The number of benzene rings is 7. The van der Waals surface area contributed by atoms with Crippen LogP contribution in [-0.4, -0.2) is 17.5 Å². The normalized spacial score (nSPS) is 15.9. The topological polar surface area (TPSA) is 12.2 Å². The van der Waals surface area contributed by atoms with Crippen LogP contribution in [-0.2, 0) is 15.7 Å². The Morgan fingerprint density at radius 2 is 0.673 bits per heavy atom. The molecule has 0 amide bonds. The van der Waals surface area contributed by atoms with E-state index < -0.39 is 19.3 Å². The molecule has 7 aromatic rings. The van der Waals surface area contributed by atoms with Crippen molar-refractivity contribution in [1.29, 1.82) is 0 Å². The zero-order valence-electron chi connectivity index (χ0n) is 27.3. The molecular weight excluding hydrogens is 613 g/mol. The molecule has 49 heavy (non-hydrogen) atoms. The molecule has 0 spiro atoms. The Balaban J connectivity index is 1.40. The maximum Gasteiger partial charge on any atom is 0.140 e. The first-order valence-electron chi connectivity index (χ1n) is 17.0. The Morgan fingerprint density at radius 1 is 0.388 bits per heavy atom. The Bertz CT molecular complexity index is 1880. The summed E-state index contributed by atoms with van der Waals surface area (Å²) in [7, 11) is -1.22. The molecule has 1 aliphatic rings. The molecule has 0 bridgehead atoms. The summed E-state index contributed by atoms with van der Waals surface area (Å²) in [6, 6.07) is 76.3. The number of rotatable bonds is 11. The van der Waals surface area contributed by atoms with E-state index in [0.717, 1.165) is 17.7 Å². The van der Waals surface area contributed by atoms with Crippen molar-refractivity contribution < 1.29 is 4.52 Å². The van der Waals surface area contributed by atoms with Crippen molar-refractivity contribution in [3.63, 3.8) is 0 Å². The van der Waals surface area contributed by atoms with Gasteiger partial charge in [0.2, 0.25) is 0 Å². The Morgan fingerprint density at radius 3 is 1.00 bits per heavy atom. The van der Waals surface area contributed by atoms with Crippen LogP contribution < -0.4 is 10.6 Å². The van der Waals surface area contributed by atoms with E-state index in [4.69, 9.17) is 4.52 Å². The van der Waals surface area contributed by atoms with Crippen LogP contribution in [0.3, 0.4) is 0 Å². The maximum absolute atomic E-state index is 7.96. The standard InChI is InChI=1S/C46H38NOP/c1-8-22-37(23-9-1)45(38-24-10-2-11-25-38,39-26-12-3-13-27-39)47-36-44(47)46(40-28-14-4-15-29-40,41-30-16-5-17-31-41)48-49(42-32-18-6-19-33-42)43-34-20-7-21-35-43/h1-35,44H,36H2/t44-,47?/m0/s1. The SMILES string of the molecule is c1ccc(P(OC(c2ccccc2)(c2ccccc2)[C@@H]2CN2C(c2ccccc2)(c2ccccc2)c2ccccc2)c2ccccc2)cc1. The largest absolute Gasteiger partial charge is 0.332 e. The summed E-state index contributed by atoms with van der Waals surface area (Å²) in [6.45, 7) is 0.829. The molecule has 8 rings (SSSR count). The molecule has 2 nitrogen and oxygen atoms in total. The third kappa shape index (κ3) is 5.73. The van der Waals surface area contributed by atoms with E-state index in [9.17, 15) is 0 Å².